The lowest BCUT2D eigenvalue weighted by Crippen LogP contribution is -2.50. The molecule has 3 aliphatic rings. The highest BCUT2D eigenvalue weighted by Gasteiger charge is 2.58. The van der Waals surface area contributed by atoms with Gasteiger partial charge in [0.05, 0.1) is 37.4 Å². The van der Waals surface area contributed by atoms with Gasteiger partial charge in [-0.1, -0.05) is 30.7 Å². The van der Waals surface area contributed by atoms with Gasteiger partial charge in [-0.3, -0.25) is 19.2 Å². The average Bonchev–Trinajstić information content (AvgIpc) is 3.77. The molecule has 0 saturated carbocycles. The molecule has 256 valence electrons. The molecule has 4 rings (SSSR count). The van der Waals surface area contributed by atoms with Crippen molar-refractivity contribution in [2.75, 3.05) is 11.9 Å². The van der Waals surface area contributed by atoms with E-state index in [4.69, 9.17) is 24.7 Å². The van der Waals surface area contributed by atoms with Gasteiger partial charge in [-0.25, -0.2) is 0 Å². The first-order valence-corrected chi connectivity index (χ1v) is 16.1. The van der Waals surface area contributed by atoms with E-state index < -0.39 is 41.9 Å². The summed E-state index contributed by atoms with van der Waals surface area (Å²) in [5, 5.41) is 16.8. The fourth-order valence-electron chi connectivity index (χ4n) is 6.02. The van der Waals surface area contributed by atoms with Crippen molar-refractivity contribution in [2.45, 2.75) is 109 Å². The number of nitrogens with one attached hydrogen (secondary N) is 2. The number of carbonyl (C=O) groups excluding carboxylic acids is 4. The van der Waals surface area contributed by atoms with Crippen LogP contribution in [-0.2, 0) is 33.3 Å². The first-order chi connectivity index (χ1) is 22.2. The van der Waals surface area contributed by atoms with Crippen LogP contribution in [0.25, 0.3) is 0 Å². The Balaban J connectivity index is 1.27. The second kappa shape index (κ2) is 15.8. The lowest BCUT2D eigenvalue weighted by atomic mass is 9.87. The molecular formula is C35H47N3O9. The Morgan fingerprint density at radius 1 is 1.13 bits per heavy atom. The van der Waals surface area contributed by atoms with Crippen LogP contribution in [0.3, 0.4) is 0 Å². The minimum atomic E-state index is -0.860. The number of allylic oxidation sites excluding steroid dienone is 2. The molecule has 0 aromatic heterocycles. The Labute approximate surface area is 275 Å². The Hall–Kier alpha value is -3.84. The van der Waals surface area contributed by atoms with Crippen LogP contribution in [0.5, 0.6) is 0 Å². The molecule has 3 aliphatic heterocycles. The third-order valence-electron chi connectivity index (χ3n) is 8.79. The number of nitrogens with two attached hydrogens (primary N) is 1. The lowest BCUT2D eigenvalue weighted by molar-refractivity contribution is -0.143. The van der Waals surface area contributed by atoms with Crippen molar-refractivity contribution in [1.29, 1.82) is 0 Å². The fourth-order valence-corrected chi connectivity index (χ4v) is 6.02. The lowest BCUT2D eigenvalue weighted by Gasteiger charge is -2.39. The maximum atomic E-state index is 12.8. The monoisotopic (exact) mass is 653 g/mol. The van der Waals surface area contributed by atoms with E-state index >= 15 is 0 Å². The van der Waals surface area contributed by atoms with E-state index in [0.717, 1.165) is 12.0 Å². The molecule has 9 unspecified atom stereocenters. The summed E-state index contributed by atoms with van der Waals surface area (Å²) >= 11 is 0. The molecule has 3 heterocycles. The van der Waals surface area contributed by atoms with Crippen molar-refractivity contribution in [3.63, 3.8) is 0 Å². The van der Waals surface area contributed by atoms with Gasteiger partial charge in [-0.15, -0.1) is 0 Å². The van der Waals surface area contributed by atoms with Gasteiger partial charge in [0.25, 0.3) is 0 Å². The van der Waals surface area contributed by atoms with Gasteiger partial charge in [0.1, 0.15) is 23.9 Å². The SMILES string of the molecule is CC(=O)OC(C)C=CC(=O)NC1CC(C)C(CC=C(C)C=CC2OC(CC(=O)Nc3ccc(C(N)=O)cc3)CC3(CO3)C2O)OC1C. The number of primary amides is 1. The van der Waals surface area contributed by atoms with Crippen LogP contribution >= 0.6 is 0 Å². The number of carbonyl (C=O) groups is 4. The number of aliphatic hydroxyl groups excluding tert-OH is 1. The largest absolute Gasteiger partial charge is 0.459 e. The highest BCUT2D eigenvalue weighted by molar-refractivity contribution is 5.95. The molecule has 0 radical (unpaired) electrons. The van der Waals surface area contributed by atoms with Gasteiger partial charge >= 0.3 is 5.97 Å². The second-order valence-corrected chi connectivity index (χ2v) is 12.8. The van der Waals surface area contributed by atoms with E-state index in [2.05, 4.69) is 23.6 Å². The maximum Gasteiger partial charge on any atom is 0.303 e. The number of rotatable bonds is 12. The molecule has 47 heavy (non-hydrogen) atoms. The summed E-state index contributed by atoms with van der Waals surface area (Å²) in [6.45, 7) is 9.42. The van der Waals surface area contributed by atoms with E-state index in [1.165, 1.54) is 13.0 Å². The predicted octanol–water partition coefficient (Wildman–Crippen LogP) is 3.10. The number of hydrogen-bond acceptors (Lipinski definition) is 9. The number of epoxide rings is 1. The van der Waals surface area contributed by atoms with Crippen LogP contribution in [0.15, 0.2) is 60.2 Å². The zero-order chi connectivity index (χ0) is 34.3. The molecule has 9 atom stereocenters. The molecule has 12 nitrogen and oxygen atoms in total. The zero-order valence-electron chi connectivity index (χ0n) is 27.6. The van der Waals surface area contributed by atoms with Crippen molar-refractivity contribution < 1.29 is 43.2 Å². The van der Waals surface area contributed by atoms with E-state index in [0.29, 0.717) is 30.7 Å². The number of amides is 3. The third-order valence-corrected chi connectivity index (χ3v) is 8.79. The summed E-state index contributed by atoms with van der Waals surface area (Å²) in [5.41, 5.74) is 6.42. The molecule has 0 aliphatic carbocycles. The Morgan fingerprint density at radius 3 is 2.47 bits per heavy atom. The summed E-state index contributed by atoms with van der Waals surface area (Å²) in [6, 6.07) is 6.17. The van der Waals surface area contributed by atoms with E-state index in [9.17, 15) is 24.3 Å². The first kappa shape index (κ1) is 36.0. The van der Waals surface area contributed by atoms with Gasteiger partial charge in [0, 0.05) is 30.7 Å². The van der Waals surface area contributed by atoms with Crippen molar-refractivity contribution in [1.82, 2.24) is 5.32 Å². The summed E-state index contributed by atoms with van der Waals surface area (Å²) in [6.07, 6.45) is 7.94. The van der Waals surface area contributed by atoms with Crippen molar-refractivity contribution in [3.05, 3.63) is 65.8 Å². The van der Waals surface area contributed by atoms with Crippen LogP contribution in [-0.4, -0.2) is 83.7 Å². The number of hydrogen-bond donors (Lipinski definition) is 4. The summed E-state index contributed by atoms with van der Waals surface area (Å²) in [7, 11) is 0. The van der Waals surface area contributed by atoms with Gasteiger partial charge in [0.2, 0.25) is 17.7 Å². The molecule has 5 N–H and O–H groups in total. The number of esters is 1. The minimum Gasteiger partial charge on any atom is -0.459 e. The van der Waals surface area contributed by atoms with Crippen molar-refractivity contribution >= 4 is 29.4 Å². The normalized spacial score (nSPS) is 31.4. The second-order valence-electron chi connectivity index (χ2n) is 12.8. The molecule has 1 aromatic carbocycles. The van der Waals surface area contributed by atoms with Crippen LogP contribution in [0, 0.1) is 5.92 Å². The molecule has 1 spiro atoms. The Morgan fingerprint density at radius 2 is 1.83 bits per heavy atom. The average molecular weight is 654 g/mol. The number of benzene rings is 1. The molecule has 3 amide bonds. The van der Waals surface area contributed by atoms with Gasteiger partial charge in [-0.05, 0) is 69.9 Å². The maximum absolute atomic E-state index is 12.8. The summed E-state index contributed by atoms with van der Waals surface area (Å²) in [4.78, 5) is 47.5. The number of ether oxygens (including phenoxy) is 4. The predicted molar refractivity (Wildman–Crippen MR) is 174 cm³/mol. The standard InChI is InChI=1S/C35H47N3O9/c1-20(6-13-29-21(2)16-28(23(4)46-29)38-31(40)15-8-22(3)45-24(5)39)7-14-30-33(42)35(19-44-35)18-27(47-30)17-32(41)37-26-11-9-25(10-12-26)34(36)43/h6-12,14-15,21-23,27-30,33,42H,13,16-19H2,1-5H3,(H2,36,43)(H,37,41)(H,38,40). The van der Waals surface area contributed by atoms with Gasteiger partial charge in [-0.2, -0.15) is 0 Å². The fraction of sp³-hybridized carbons (Fsp3) is 0.543. The smallest absolute Gasteiger partial charge is 0.303 e. The first-order valence-electron chi connectivity index (χ1n) is 16.1. The minimum absolute atomic E-state index is 0.0319. The van der Waals surface area contributed by atoms with Crippen molar-refractivity contribution in [2.24, 2.45) is 11.7 Å². The highest BCUT2D eigenvalue weighted by Crippen LogP contribution is 2.43. The molecule has 0 bridgehead atoms. The topological polar surface area (TPSA) is 179 Å². The van der Waals surface area contributed by atoms with E-state index in [1.807, 2.05) is 26.0 Å². The third kappa shape index (κ3) is 10.3. The van der Waals surface area contributed by atoms with Gasteiger partial charge in [0.15, 0.2) is 0 Å². The van der Waals surface area contributed by atoms with Gasteiger partial charge < -0.3 is 40.4 Å². The van der Waals surface area contributed by atoms with E-state index in [-0.39, 0.29) is 42.4 Å². The zero-order valence-corrected chi connectivity index (χ0v) is 27.6. The number of anilines is 1. The molecular weight excluding hydrogens is 606 g/mol. The van der Waals surface area contributed by atoms with Crippen LogP contribution in [0.4, 0.5) is 5.69 Å². The summed E-state index contributed by atoms with van der Waals surface area (Å²) in [5.74, 6) is -1.27. The Bertz CT molecular complexity index is 1380. The highest BCUT2D eigenvalue weighted by atomic mass is 16.6. The summed E-state index contributed by atoms with van der Waals surface area (Å²) < 4.78 is 23.1. The van der Waals surface area contributed by atoms with E-state index in [1.54, 1.807) is 37.3 Å². The van der Waals surface area contributed by atoms with Crippen LogP contribution in [0.1, 0.15) is 70.7 Å². The molecule has 3 saturated heterocycles. The van der Waals surface area contributed by atoms with Crippen LogP contribution < -0.4 is 16.4 Å². The molecule has 12 heteroatoms. The molecule has 1 aromatic rings. The quantitative estimate of drug-likeness (QED) is 0.114. The Kier molecular flexibility index (Phi) is 12.1. The van der Waals surface area contributed by atoms with Crippen LogP contribution in [0.2, 0.25) is 0 Å². The number of aliphatic hydroxyl groups is 1. The molecule has 3 fully saturated rings. The van der Waals surface area contributed by atoms with Crippen molar-refractivity contribution in [3.8, 4) is 0 Å².